The fraction of sp³-hybridized carbons (Fsp3) is 0.261. The zero-order chi connectivity index (χ0) is 23.3. The third kappa shape index (κ3) is 3.75. The molecule has 33 heavy (non-hydrogen) atoms. The van der Waals surface area contributed by atoms with Crippen molar-refractivity contribution in [1.82, 2.24) is 9.97 Å². The summed E-state index contributed by atoms with van der Waals surface area (Å²) in [6, 6.07) is 7.77. The fourth-order valence-electron chi connectivity index (χ4n) is 4.40. The SMILES string of the molecule is O=C1c2cc(C(F)(F)F)ncc2N2CN1c1ccc(=O)[nH]c1CCCCc1cc(F)ccc12. The molecular formula is C23H18F4N4O2. The highest BCUT2D eigenvalue weighted by Crippen LogP contribution is 2.40. The maximum Gasteiger partial charge on any atom is 0.433 e. The molecule has 0 radical (unpaired) electrons. The van der Waals surface area contributed by atoms with E-state index in [1.807, 2.05) is 0 Å². The van der Waals surface area contributed by atoms with E-state index in [1.165, 1.54) is 29.2 Å². The monoisotopic (exact) mass is 458 g/mol. The number of aromatic amines is 1. The molecule has 0 unspecified atom stereocenters. The van der Waals surface area contributed by atoms with Crippen LogP contribution in [0.25, 0.3) is 0 Å². The molecule has 3 aromatic rings. The number of hydrogen-bond acceptors (Lipinski definition) is 4. The zero-order valence-corrected chi connectivity index (χ0v) is 17.2. The Bertz CT molecular complexity index is 1320. The number of hydrogen-bond donors (Lipinski definition) is 1. The number of H-pyrrole nitrogens is 1. The molecule has 0 saturated heterocycles. The number of aromatic nitrogens is 2. The molecule has 5 rings (SSSR count). The van der Waals surface area contributed by atoms with Gasteiger partial charge in [-0.1, -0.05) is 0 Å². The summed E-state index contributed by atoms with van der Waals surface area (Å²) < 4.78 is 54.2. The Balaban J connectivity index is 1.76. The van der Waals surface area contributed by atoms with Crippen LogP contribution >= 0.6 is 0 Å². The van der Waals surface area contributed by atoms with Gasteiger partial charge in [-0.15, -0.1) is 0 Å². The van der Waals surface area contributed by atoms with Gasteiger partial charge in [-0.2, -0.15) is 13.2 Å². The van der Waals surface area contributed by atoms with Crippen LogP contribution in [-0.2, 0) is 19.0 Å². The molecule has 1 aromatic carbocycles. The molecule has 2 aliphatic heterocycles. The highest BCUT2D eigenvalue weighted by atomic mass is 19.4. The number of carbonyl (C=O) groups excluding carboxylic acids is 1. The smallest absolute Gasteiger partial charge is 0.324 e. The van der Waals surface area contributed by atoms with E-state index < -0.39 is 23.6 Å². The Morgan fingerprint density at radius 3 is 2.45 bits per heavy atom. The van der Waals surface area contributed by atoms with Crippen molar-refractivity contribution in [2.75, 3.05) is 16.5 Å². The number of pyridine rings is 2. The van der Waals surface area contributed by atoms with E-state index in [4.69, 9.17) is 0 Å². The lowest BCUT2D eigenvalue weighted by Crippen LogP contribution is -2.46. The quantitative estimate of drug-likeness (QED) is 0.502. The van der Waals surface area contributed by atoms with E-state index in [2.05, 4.69) is 9.97 Å². The van der Waals surface area contributed by atoms with Gasteiger partial charge < -0.3 is 9.88 Å². The summed E-state index contributed by atoms with van der Waals surface area (Å²) in [4.78, 5) is 34.7. The molecule has 0 fully saturated rings. The van der Waals surface area contributed by atoms with Crippen molar-refractivity contribution in [3.8, 4) is 0 Å². The van der Waals surface area contributed by atoms with Crippen molar-refractivity contribution in [1.29, 1.82) is 0 Å². The third-order valence-electron chi connectivity index (χ3n) is 5.94. The first-order valence-electron chi connectivity index (χ1n) is 10.4. The van der Waals surface area contributed by atoms with Crippen molar-refractivity contribution in [2.24, 2.45) is 0 Å². The molecule has 0 spiro atoms. The molecule has 0 aliphatic carbocycles. The van der Waals surface area contributed by atoms with Crippen LogP contribution in [0.3, 0.4) is 0 Å². The standard InChI is InChI=1S/C23H18F4N4O2/c24-14-5-6-17-13(9-14)3-1-2-4-16-18(7-8-21(32)29-16)31-12-30(17)19-11-28-20(23(25,26)27)10-15(19)22(31)33/h5-11H,1-4,12H2,(H,29,32). The summed E-state index contributed by atoms with van der Waals surface area (Å²) in [7, 11) is 0. The molecule has 2 bridgehead atoms. The second-order valence-corrected chi connectivity index (χ2v) is 8.05. The lowest BCUT2D eigenvalue weighted by Gasteiger charge is -2.39. The first-order chi connectivity index (χ1) is 15.7. The van der Waals surface area contributed by atoms with Gasteiger partial charge in [0, 0.05) is 17.4 Å². The number of anilines is 3. The van der Waals surface area contributed by atoms with Gasteiger partial charge in [-0.25, -0.2) is 9.37 Å². The van der Waals surface area contributed by atoms with Crippen LogP contribution in [0.4, 0.5) is 34.6 Å². The van der Waals surface area contributed by atoms with Crippen molar-refractivity contribution >= 4 is 23.0 Å². The van der Waals surface area contributed by atoms with Crippen LogP contribution < -0.4 is 15.4 Å². The van der Waals surface area contributed by atoms with Crippen molar-refractivity contribution in [3.63, 3.8) is 0 Å². The molecule has 0 atom stereocenters. The predicted octanol–water partition coefficient (Wildman–Crippen LogP) is 4.56. The summed E-state index contributed by atoms with van der Waals surface area (Å²) in [5.41, 5.74) is 0.741. The van der Waals surface area contributed by atoms with E-state index in [9.17, 15) is 27.2 Å². The average Bonchev–Trinajstić information content (AvgIpc) is 2.79. The first kappa shape index (κ1) is 21.2. The Hall–Kier alpha value is -3.69. The normalized spacial score (nSPS) is 15.9. The number of carbonyl (C=O) groups is 1. The molecular weight excluding hydrogens is 440 g/mol. The molecule has 6 nitrogen and oxygen atoms in total. The van der Waals surface area contributed by atoms with E-state index >= 15 is 0 Å². The van der Waals surface area contributed by atoms with Crippen LogP contribution in [0, 0.1) is 5.82 Å². The van der Waals surface area contributed by atoms with Crippen LogP contribution in [-0.4, -0.2) is 22.5 Å². The number of nitrogens with zero attached hydrogens (tertiary/aromatic N) is 3. The molecule has 1 amide bonds. The van der Waals surface area contributed by atoms with Crippen LogP contribution in [0.2, 0.25) is 0 Å². The van der Waals surface area contributed by atoms with Crippen molar-refractivity contribution in [2.45, 2.75) is 31.9 Å². The van der Waals surface area contributed by atoms with Gasteiger partial charge in [-0.05, 0) is 61.6 Å². The number of halogens is 4. The minimum Gasteiger partial charge on any atom is -0.324 e. The number of amides is 1. The van der Waals surface area contributed by atoms with Crippen LogP contribution in [0.15, 0.2) is 47.4 Å². The summed E-state index contributed by atoms with van der Waals surface area (Å²) in [6.07, 6.45) is -1.36. The van der Waals surface area contributed by atoms with Gasteiger partial charge >= 0.3 is 6.18 Å². The lowest BCUT2D eigenvalue weighted by atomic mass is 10.0. The Labute approximate surface area is 185 Å². The summed E-state index contributed by atoms with van der Waals surface area (Å²) in [5, 5.41) is 0. The largest absolute Gasteiger partial charge is 0.433 e. The molecule has 2 aromatic heterocycles. The molecule has 0 saturated carbocycles. The molecule has 10 heteroatoms. The highest BCUT2D eigenvalue weighted by molar-refractivity contribution is 6.12. The molecule has 170 valence electrons. The number of fused-ring (bicyclic) bond motifs is 8. The topological polar surface area (TPSA) is 69.3 Å². The van der Waals surface area contributed by atoms with Gasteiger partial charge in [0.1, 0.15) is 18.2 Å². The van der Waals surface area contributed by atoms with Crippen molar-refractivity contribution in [3.05, 3.63) is 81.3 Å². The zero-order valence-electron chi connectivity index (χ0n) is 17.2. The Kier molecular flexibility index (Phi) is 4.95. The fourth-order valence-corrected chi connectivity index (χ4v) is 4.40. The van der Waals surface area contributed by atoms with Gasteiger partial charge in [-0.3, -0.25) is 14.5 Å². The summed E-state index contributed by atoms with van der Waals surface area (Å²) in [6.45, 7) is -0.0312. The molecule has 1 N–H and O–H groups in total. The minimum atomic E-state index is -4.73. The summed E-state index contributed by atoms with van der Waals surface area (Å²) in [5.74, 6) is -1.06. The van der Waals surface area contributed by atoms with E-state index in [1.54, 1.807) is 11.0 Å². The average molecular weight is 458 g/mol. The van der Waals surface area contributed by atoms with Gasteiger partial charge in [0.05, 0.1) is 23.1 Å². The Morgan fingerprint density at radius 2 is 1.67 bits per heavy atom. The summed E-state index contributed by atoms with van der Waals surface area (Å²) >= 11 is 0. The number of aryl methyl sites for hydroxylation is 2. The van der Waals surface area contributed by atoms with E-state index in [-0.39, 0.29) is 23.5 Å². The number of nitrogens with one attached hydrogen (secondary N) is 1. The number of rotatable bonds is 0. The van der Waals surface area contributed by atoms with Gasteiger partial charge in [0.15, 0.2) is 0 Å². The van der Waals surface area contributed by atoms with Crippen molar-refractivity contribution < 1.29 is 22.4 Å². The minimum absolute atomic E-state index is 0.0312. The third-order valence-corrected chi connectivity index (χ3v) is 5.94. The van der Waals surface area contributed by atoms with Gasteiger partial charge in [0.25, 0.3) is 5.91 Å². The van der Waals surface area contributed by atoms with Gasteiger partial charge in [0.2, 0.25) is 5.56 Å². The maximum atomic E-state index is 14.1. The lowest BCUT2D eigenvalue weighted by molar-refractivity contribution is -0.141. The second kappa shape index (κ2) is 7.72. The number of benzene rings is 1. The number of alkyl halides is 3. The Morgan fingerprint density at radius 1 is 0.909 bits per heavy atom. The molecule has 2 aliphatic rings. The van der Waals surface area contributed by atoms with Crippen LogP contribution in [0.5, 0.6) is 0 Å². The second-order valence-electron chi connectivity index (χ2n) is 8.05. The van der Waals surface area contributed by atoms with E-state index in [0.29, 0.717) is 48.3 Å². The van der Waals surface area contributed by atoms with E-state index in [0.717, 1.165) is 12.3 Å². The van der Waals surface area contributed by atoms with Crippen LogP contribution in [0.1, 0.15) is 40.2 Å². The highest BCUT2D eigenvalue weighted by Gasteiger charge is 2.38. The maximum absolute atomic E-state index is 14.1. The first-order valence-corrected chi connectivity index (χ1v) is 10.4. The predicted molar refractivity (Wildman–Crippen MR) is 113 cm³/mol. The molecule has 4 heterocycles.